The molecule has 1 rings (SSSR count). The van der Waals surface area contributed by atoms with Gasteiger partial charge < -0.3 is 14.2 Å². The fraction of sp³-hybridized carbons (Fsp3) is 0.533. The topological polar surface area (TPSA) is 44.8 Å². The third-order valence-electron chi connectivity index (χ3n) is 3.19. The van der Waals surface area contributed by atoms with E-state index in [2.05, 4.69) is 29.8 Å². The molecule has 0 saturated carbocycles. The minimum atomic E-state index is -0.414. The first-order valence-electron chi connectivity index (χ1n) is 6.48. The predicted molar refractivity (Wildman–Crippen MR) is 82.0 cm³/mol. The normalized spacial score (nSPS) is 12.1. The van der Waals surface area contributed by atoms with Crippen LogP contribution in [-0.2, 0) is 4.74 Å². The van der Waals surface area contributed by atoms with E-state index < -0.39 is 5.97 Å². The van der Waals surface area contributed by atoms with Crippen molar-refractivity contribution in [2.75, 3.05) is 26.2 Å². The highest BCUT2D eigenvalue weighted by Gasteiger charge is 2.17. The molecule has 0 amide bonds. The minimum absolute atomic E-state index is 0.367. The molecule has 0 aromatic heterocycles. The molecule has 0 heterocycles. The van der Waals surface area contributed by atoms with E-state index in [1.54, 1.807) is 25.3 Å². The summed E-state index contributed by atoms with van der Waals surface area (Å²) in [6, 6.07) is 5.07. The van der Waals surface area contributed by atoms with E-state index in [1.165, 1.54) is 7.11 Å². The maximum atomic E-state index is 11.7. The Labute approximate surface area is 128 Å². The molecule has 0 saturated heterocycles. The van der Waals surface area contributed by atoms with Crippen molar-refractivity contribution in [1.82, 2.24) is 0 Å². The molecule has 20 heavy (non-hydrogen) atoms. The molecule has 0 spiro atoms. The van der Waals surface area contributed by atoms with Crippen LogP contribution < -0.4 is 9.47 Å². The second kappa shape index (κ2) is 8.15. The largest absolute Gasteiger partial charge is 0.497 e. The Bertz CT molecular complexity index is 445. The molecule has 112 valence electrons. The van der Waals surface area contributed by atoms with Crippen LogP contribution in [-0.4, -0.2) is 32.1 Å². The van der Waals surface area contributed by atoms with Crippen LogP contribution in [0.2, 0.25) is 0 Å². The van der Waals surface area contributed by atoms with E-state index in [-0.39, 0.29) is 0 Å². The smallest absolute Gasteiger partial charge is 0.341 e. The first kappa shape index (κ1) is 16.8. The van der Waals surface area contributed by atoms with Gasteiger partial charge in [0.05, 0.1) is 20.8 Å². The maximum absolute atomic E-state index is 11.7. The quantitative estimate of drug-likeness (QED) is 0.560. The monoisotopic (exact) mass is 344 g/mol. The summed E-state index contributed by atoms with van der Waals surface area (Å²) >= 11 is 3.48. The molecular weight excluding hydrogens is 324 g/mol. The zero-order valence-corrected chi connectivity index (χ0v) is 13.9. The lowest BCUT2D eigenvalue weighted by atomic mass is 9.99. The van der Waals surface area contributed by atoms with E-state index in [9.17, 15) is 4.79 Å². The number of methoxy groups -OCH3 is 2. The highest BCUT2D eigenvalue weighted by Crippen LogP contribution is 2.27. The summed E-state index contributed by atoms with van der Waals surface area (Å²) in [6.45, 7) is 4.81. The summed E-state index contributed by atoms with van der Waals surface area (Å²) in [5.74, 6) is 1.58. The molecule has 0 radical (unpaired) electrons. The Morgan fingerprint density at radius 1 is 1.30 bits per heavy atom. The molecule has 0 bridgehead atoms. The van der Waals surface area contributed by atoms with Crippen LogP contribution in [0.4, 0.5) is 0 Å². The van der Waals surface area contributed by atoms with Crippen LogP contribution in [0.3, 0.4) is 0 Å². The average Bonchev–Trinajstić information content (AvgIpc) is 2.46. The molecule has 1 aromatic carbocycles. The molecule has 1 unspecified atom stereocenters. The molecule has 4 nitrogen and oxygen atoms in total. The molecule has 0 aliphatic heterocycles. The third-order valence-corrected chi connectivity index (χ3v) is 4.02. The van der Waals surface area contributed by atoms with Crippen molar-refractivity contribution in [2.24, 2.45) is 11.8 Å². The molecule has 0 N–H and O–H groups in total. The first-order chi connectivity index (χ1) is 9.53. The molecule has 1 aromatic rings. The van der Waals surface area contributed by atoms with Crippen molar-refractivity contribution < 1.29 is 19.0 Å². The van der Waals surface area contributed by atoms with Gasteiger partial charge in [0.2, 0.25) is 0 Å². The molecule has 0 aliphatic rings. The fourth-order valence-corrected chi connectivity index (χ4v) is 2.57. The van der Waals surface area contributed by atoms with E-state index in [0.29, 0.717) is 35.5 Å². The lowest BCUT2D eigenvalue weighted by Crippen LogP contribution is -2.20. The van der Waals surface area contributed by atoms with E-state index in [1.807, 2.05) is 0 Å². The fourth-order valence-electron chi connectivity index (χ4n) is 1.64. The van der Waals surface area contributed by atoms with Crippen molar-refractivity contribution in [2.45, 2.75) is 13.8 Å². The van der Waals surface area contributed by atoms with Gasteiger partial charge in [0.15, 0.2) is 0 Å². The van der Waals surface area contributed by atoms with Crippen molar-refractivity contribution in [3.05, 3.63) is 23.8 Å². The summed E-state index contributed by atoms with van der Waals surface area (Å²) in [4.78, 5) is 11.7. The van der Waals surface area contributed by atoms with Gasteiger partial charge in [-0.05, 0) is 18.1 Å². The zero-order chi connectivity index (χ0) is 15.1. The number of carbonyl (C=O) groups is 1. The molecule has 5 heteroatoms. The number of esters is 1. The summed E-state index contributed by atoms with van der Waals surface area (Å²) in [6.07, 6.45) is 0. The lowest BCUT2D eigenvalue weighted by molar-refractivity contribution is 0.0595. The van der Waals surface area contributed by atoms with Crippen LogP contribution in [0.15, 0.2) is 18.2 Å². The van der Waals surface area contributed by atoms with E-state index in [4.69, 9.17) is 14.2 Å². The number of carbonyl (C=O) groups excluding carboxylic acids is 1. The van der Waals surface area contributed by atoms with Gasteiger partial charge in [-0.3, -0.25) is 0 Å². The van der Waals surface area contributed by atoms with E-state index in [0.717, 1.165) is 5.33 Å². The highest BCUT2D eigenvalue weighted by atomic mass is 79.9. The van der Waals surface area contributed by atoms with Crippen LogP contribution in [0.1, 0.15) is 24.2 Å². The summed E-state index contributed by atoms with van der Waals surface area (Å²) in [7, 11) is 2.93. The third kappa shape index (κ3) is 4.40. The number of hydrogen-bond donors (Lipinski definition) is 0. The molecule has 1 atom stereocenters. The summed E-state index contributed by atoms with van der Waals surface area (Å²) < 4.78 is 15.7. The van der Waals surface area contributed by atoms with Gasteiger partial charge >= 0.3 is 5.97 Å². The van der Waals surface area contributed by atoms with Crippen molar-refractivity contribution in [1.29, 1.82) is 0 Å². The number of ether oxygens (including phenoxy) is 3. The van der Waals surface area contributed by atoms with Gasteiger partial charge in [-0.25, -0.2) is 4.79 Å². The maximum Gasteiger partial charge on any atom is 0.341 e. The lowest BCUT2D eigenvalue weighted by Gasteiger charge is -2.20. The van der Waals surface area contributed by atoms with Crippen LogP contribution in [0.25, 0.3) is 0 Å². The van der Waals surface area contributed by atoms with Gasteiger partial charge in [0, 0.05) is 17.3 Å². The SMILES string of the molecule is COC(=O)c1ccc(OC)cc1OCC(CBr)C(C)C. The molecule has 0 fully saturated rings. The number of hydrogen-bond acceptors (Lipinski definition) is 4. The Hall–Kier alpha value is -1.23. The Kier molecular flexibility index (Phi) is 6.85. The van der Waals surface area contributed by atoms with Gasteiger partial charge in [0.1, 0.15) is 17.1 Å². The van der Waals surface area contributed by atoms with Crippen molar-refractivity contribution in [3.63, 3.8) is 0 Å². The Morgan fingerprint density at radius 2 is 2.00 bits per heavy atom. The number of rotatable bonds is 7. The average molecular weight is 345 g/mol. The Morgan fingerprint density at radius 3 is 2.50 bits per heavy atom. The van der Waals surface area contributed by atoms with Gasteiger partial charge in [0.25, 0.3) is 0 Å². The number of alkyl halides is 1. The zero-order valence-electron chi connectivity index (χ0n) is 12.3. The minimum Gasteiger partial charge on any atom is -0.497 e. The molecule has 0 aliphatic carbocycles. The van der Waals surface area contributed by atoms with Gasteiger partial charge in [-0.15, -0.1) is 0 Å². The Balaban J connectivity index is 2.92. The number of benzene rings is 1. The van der Waals surface area contributed by atoms with Gasteiger partial charge in [-0.2, -0.15) is 0 Å². The summed E-state index contributed by atoms with van der Waals surface area (Å²) in [5, 5.41) is 0.849. The van der Waals surface area contributed by atoms with Crippen LogP contribution >= 0.6 is 15.9 Å². The second-order valence-electron chi connectivity index (χ2n) is 4.82. The summed E-state index contributed by atoms with van der Waals surface area (Å²) in [5.41, 5.74) is 0.408. The van der Waals surface area contributed by atoms with Gasteiger partial charge in [-0.1, -0.05) is 29.8 Å². The van der Waals surface area contributed by atoms with Crippen LogP contribution in [0, 0.1) is 11.8 Å². The van der Waals surface area contributed by atoms with Crippen molar-refractivity contribution in [3.8, 4) is 11.5 Å². The second-order valence-corrected chi connectivity index (χ2v) is 5.47. The standard InChI is InChI=1S/C15H21BrO4/c1-10(2)11(8-16)9-20-14-7-12(18-3)5-6-13(14)15(17)19-4/h5-7,10-11H,8-9H2,1-4H3. The van der Waals surface area contributed by atoms with Crippen molar-refractivity contribution >= 4 is 21.9 Å². The first-order valence-corrected chi connectivity index (χ1v) is 7.60. The van der Waals surface area contributed by atoms with Crippen LogP contribution in [0.5, 0.6) is 11.5 Å². The predicted octanol–water partition coefficient (Wildman–Crippen LogP) is 3.53. The highest BCUT2D eigenvalue weighted by molar-refractivity contribution is 9.09. The van der Waals surface area contributed by atoms with E-state index >= 15 is 0 Å². The molecular formula is C15H21BrO4. The number of halogens is 1.